The smallest absolute Gasteiger partial charge is 0.192 e. The summed E-state index contributed by atoms with van der Waals surface area (Å²) in [7, 11) is -1.75. The fourth-order valence-electron chi connectivity index (χ4n) is 4.04. The van der Waals surface area contributed by atoms with Gasteiger partial charge in [0.05, 0.1) is 11.9 Å². The Labute approximate surface area is 202 Å². The van der Waals surface area contributed by atoms with E-state index in [0.29, 0.717) is 17.3 Å². The van der Waals surface area contributed by atoms with Crippen LogP contribution in [-0.2, 0) is 4.43 Å². The van der Waals surface area contributed by atoms with E-state index >= 15 is 0 Å². The fraction of sp³-hybridized carbons (Fsp3) is 0.462. The molecule has 3 aromatic rings. The van der Waals surface area contributed by atoms with Crippen LogP contribution < -0.4 is 0 Å². The second-order valence-electron chi connectivity index (χ2n) is 10.6. The van der Waals surface area contributed by atoms with Crippen molar-refractivity contribution in [2.45, 2.75) is 57.8 Å². The highest BCUT2D eigenvalue weighted by Gasteiger charge is 2.38. The number of aromatic hydroxyl groups is 1. The molecule has 34 heavy (non-hydrogen) atoms. The predicted octanol–water partition coefficient (Wildman–Crippen LogP) is 5.74. The van der Waals surface area contributed by atoms with Gasteiger partial charge >= 0.3 is 0 Å². The molecular formula is C26H35FN4O2Si. The summed E-state index contributed by atoms with van der Waals surface area (Å²) in [5.74, 6) is -0.417. The van der Waals surface area contributed by atoms with E-state index < -0.39 is 14.1 Å². The maximum atomic E-state index is 14.4. The van der Waals surface area contributed by atoms with Crippen molar-refractivity contribution in [3.63, 3.8) is 0 Å². The average molecular weight is 483 g/mol. The van der Waals surface area contributed by atoms with Crippen molar-refractivity contribution in [1.29, 1.82) is 0 Å². The lowest BCUT2D eigenvalue weighted by Gasteiger charge is -2.38. The minimum absolute atomic E-state index is 0.00417. The quantitative estimate of drug-likeness (QED) is 0.435. The molecule has 1 saturated heterocycles. The van der Waals surface area contributed by atoms with Crippen molar-refractivity contribution < 1.29 is 13.9 Å². The molecule has 0 bridgehead atoms. The van der Waals surface area contributed by atoms with Crippen LogP contribution in [0.25, 0.3) is 22.9 Å². The minimum atomic E-state index is -1.75. The molecule has 182 valence electrons. The number of phenolic OH excluding ortho intramolecular Hbond substituents is 1. The van der Waals surface area contributed by atoms with Gasteiger partial charge in [-0.2, -0.15) is 5.10 Å². The zero-order chi connectivity index (χ0) is 24.5. The van der Waals surface area contributed by atoms with E-state index in [9.17, 15) is 9.50 Å². The minimum Gasteiger partial charge on any atom is -0.508 e. The van der Waals surface area contributed by atoms with Crippen LogP contribution in [0.5, 0.6) is 5.75 Å². The summed E-state index contributed by atoms with van der Waals surface area (Å²) in [4.78, 5) is 7.17. The molecule has 6 nitrogen and oxygen atoms in total. The van der Waals surface area contributed by atoms with Gasteiger partial charge < -0.3 is 9.53 Å². The van der Waals surface area contributed by atoms with Crippen LogP contribution >= 0.6 is 0 Å². The molecule has 1 aliphatic rings. The van der Waals surface area contributed by atoms with E-state index in [1.807, 2.05) is 18.3 Å². The number of likely N-dealkylation sites (tertiary alicyclic amines) is 1. The summed E-state index contributed by atoms with van der Waals surface area (Å²) in [6.07, 6.45) is 9.89. The molecule has 0 saturated carbocycles. The number of benzene rings is 1. The van der Waals surface area contributed by atoms with Crippen molar-refractivity contribution in [2.75, 3.05) is 19.7 Å². The maximum Gasteiger partial charge on any atom is 0.192 e. The van der Waals surface area contributed by atoms with Crippen molar-refractivity contribution in [2.24, 2.45) is 0 Å². The van der Waals surface area contributed by atoms with Crippen molar-refractivity contribution >= 4 is 20.0 Å². The Bertz CT molecular complexity index is 1190. The highest BCUT2D eigenvalue weighted by atomic mass is 28.4. The van der Waals surface area contributed by atoms with Crippen molar-refractivity contribution in [3.8, 4) is 16.9 Å². The van der Waals surface area contributed by atoms with E-state index in [4.69, 9.17) is 4.43 Å². The highest BCUT2D eigenvalue weighted by molar-refractivity contribution is 6.74. The van der Waals surface area contributed by atoms with Gasteiger partial charge in [0.15, 0.2) is 14.0 Å². The van der Waals surface area contributed by atoms with Gasteiger partial charge in [0.25, 0.3) is 0 Å². The Kier molecular flexibility index (Phi) is 6.94. The van der Waals surface area contributed by atoms with Crippen LogP contribution in [0.4, 0.5) is 4.39 Å². The summed E-state index contributed by atoms with van der Waals surface area (Å²) in [5.41, 5.74) is 2.16. The Morgan fingerprint density at radius 2 is 2.03 bits per heavy atom. The molecule has 0 unspecified atom stereocenters. The normalized spacial score (nSPS) is 17.9. The Hall–Kier alpha value is -2.55. The van der Waals surface area contributed by atoms with Gasteiger partial charge in [-0.3, -0.25) is 4.90 Å². The third kappa shape index (κ3) is 5.24. The molecule has 1 atom stereocenters. The number of hydrogen-bond acceptors (Lipinski definition) is 5. The lowest BCUT2D eigenvalue weighted by atomic mass is 10.1. The molecule has 0 amide bonds. The van der Waals surface area contributed by atoms with E-state index in [-0.39, 0.29) is 16.4 Å². The highest BCUT2D eigenvalue weighted by Crippen LogP contribution is 2.37. The van der Waals surface area contributed by atoms with Gasteiger partial charge in [-0.1, -0.05) is 26.8 Å². The number of fused-ring (bicyclic) bond motifs is 1. The first-order chi connectivity index (χ1) is 16.0. The number of hydrogen-bond donors (Lipinski definition) is 1. The Balaban J connectivity index is 1.45. The van der Waals surface area contributed by atoms with Crippen LogP contribution in [0.2, 0.25) is 18.1 Å². The number of halogens is 1. The van der Waals surface area contributed by atoms with Crippen LogP contribution in [0.1, 0.15) is 39.3 Å². The first-order valence-corrected chi connectivity index (χ1v) is 14.8. The molecule has 0 aliphatic carbocycles. The molecule has 1 fully saturated rings. The second-order valence-corrected chi connectivity index (χ2v) is 15.4. The summed E-state index contributed by atoms with van der Waals surface area (Å²) in [5, 5.41) is 14.3. The lowest BCUT2D eigenvalue weighted by Crippen LogP contribution is -2.44. The monoisotopic (exact) mass is 482 g/mol. The van der Waals surface area contributed by atoms with E-state index in [1.54, 1.807) is 10.7 Å². The first-order valence-electron chi connectivity index (χ1n) is 11.9. The Morgan fingerprint density at radius 3 is 2.79 bits per heavy atom. The second kappa shape index (κ2) is 9.60. The molecule has 1 aromatic carbocycles. The molecule has 0 spiro atoms. The average Bonchev–Trinajstić information content (AvgIpc) is 3.40. The number of nitrogens with zero attached hydrogens (tertiary/aromatic N) is 4. The van der Waals surface area contributed by atoms with E-state index in [2.05, 4.69) is 54.9 Å². The summed E-state index contributed by atoms with van der Waals surface area (Å²) in [6.45, 7) is 14.2. The Morgan fingerprint density at radius 1 is 1.24 bits per heavy atom. The van der Waals surface area contributed by atoms with E-state index in [0.717, 1.165) is 25.4 Å². The van der Waals surface area contributed by atoms with Crippen molar-refractivity contribution in [1.82, 2.24) is 19.5 Å². The zero-order valence-corrected chi connectivity index (χ0v) is 21.8. The summed E-state index contributed by atoms with van der Waals surface area (Å²) < 4.78 is 22.5. The van der Waals surface area contributed by atoms with Crippen LogP contribution in [0.3, 0.4) is 0 Å². The predicted molar refractivity (Wildman–Crippen MR) is 137 cm³/mol. The van der Waals surface area contributed by atoms with Crippen molar-refractivity contribution in [3.05, 3.63) is 54.2 Å². The number of aromatic nitrogens is 3. The largest absolute Gasteiger partial charge is 0.508 e. The van der Waals surface area contributed by atoms with Gasteiger partial charge in [-0.25, -0.2) is 13.9 Å². The van der Waals surface area contributed by atoms with Crippen LogP contribution in [0.15, 0.2) is 42.7 Å². The molecule has 3 heterocycles. The van der Waals surface area contributed by atoms with E-state index in [1.165, 1.54) is 31.0 Å². The van der Waals surface area contributed by atoms with Crippen LogP contribution in [-0.4, -0.2) is 58.7 Å². The third-order valence-electron chi connectivity index (χ3n) is 7.20. The topological polar surface area (TPSA) is 62.9 Å². The van der Waals surface area contributed by atoms with Crippen LogP contribution in [0, 0.1) is 5.82 Å². The lowest BCUT2D eigenvalue weighted by molar-refractivity contribution is 0.173. The summed E-state index contributed by atoms with van der Waals surface area (Å²) in [6, 6.07) is 6.31. The SMILES string of the molecule is CC(C)(C)[Si](C)(C)OC[C@@H]1CCCN1C/C=C/c1ccn2ncc(-c3cc(O)ccc3F)c2n1. The van der Waals surface area contributed by atoms with Gasteiger partial charge in [-0.15, -0.1) is 0 Å². The molecular weight excluding hydrogens is 447 g/mol. The van der Waals surface area contributed by atoms with Gasteiger partial charge in [0.1, 0.15) is 11.6 Å². The third-order valence-corrected chi connectivity index (χ3v) is 11.7. The fourth-order valence-corrected chi connectivity index (χ4v) is 5.08. The van der Waals surface area contributed by atoms with Gasteiger partial charge in [0, 0.05) is 36.5 Å². The molecule has 8 heteroatoms. The molecule has 1 aliphatic heterocycles. The number of phenols is 1. The molecule has 1 N–H and O–H groups in total. The number of rotatable bonds is 7. The summed E-state index contributed by atoms with van der Waals surface area (Å²) >= 11 is 0. The molecule has 0 radical (unpaired) electrons. The standard InChI is InChI=1S/C26H35FN4O2Si/c1-26(2,3)34(4,5)33-18-20-9-7-14-30(20)13-6-8-19-12-15-31-25(29-19)23(17-28-31)22-16-21(32)10-11-24(22)27/h6,8,10-12,15-17,20,32H,7,9,13-14,18H2,1-5H3/b8-6+/t20-/m0/s1. The maximum absolute atomic E-state index is 14.4. The first kappa shape index (κ1) is 24.6. The zero-order valence-electron chi connectivity index (χ0n) is 20.8. The van der Waals surface area contributed by atoms with Gasteiger partial charge in [-0.05, 0) is 67.9 Å². The molecule has 4 rings (SSSR count). The van der Waals surface area contributed by atoms with Gasteiger partial charge in [0.2, 0.25) is 0 Å². The molecule has 2 aromatic heterocycles.